The molecule has 9 heteroatoms. The topological polar surface area (TPSA) is 90.0 Å². The van der Waals surface area contributed by atoms with Crippen LogP contribution in [0, 0.1) is 5.92 Å². The number of nitrogens with zero attached hydrogens (tertiary/aromatic N) is 3. The lowest BCUT2D eigenvalue weighted by molar-refractivity contribution is -0.126. The van der Waals surface area contributed by atoms with E-state index in [1.807, 2.05) is 47.4 Å². The largest absolute Gasteiger partial charge is 0.352 e. The van der Waals surface area contributed by atoms with E-state index in [2.05, 4.69) is 11.4 Å². The van der Waals surface area contributed by atoms with Gasteiger partial charge in [0.05, 0.1) is 5.92 Å². The Bertz CT molecular complexity index is 1200. The first-order valence-corrected chi connectivity index (χ1v) is 13.8. The normalized spacial score (nSPS) is 21.1. The number of hydrogen-bond donors (Lipinski definition) is 1. The van der Waals surface area contributed by atoms with Crippen molar-refractivity contribution in [2.75, 3.05) is 37.6 Å². The van der Waals surface area contributed by atoms with Crippen molar-refractivity contribution in [2.45, 2.75) is 38.6 Å². The highest BCUT2D eigenvalue weighted by molar-refractivity contribution is 7.86. The Morgan fingerprint density at radius 2 is 1.66 bits per heavy atom. The van der Waals surface area contributed by atoms with E-state index in [9.17, 15) is 18.0 Å². The second-order valence-electron chi connectivity index (χ2n) is 9.56. The zero-order valence-corrected chi connectivity index (χ0v) is 20.7. The van der Waals surface area contributed by atoms with Gasteiger partial charge in [-0.1, -0.05) is 30.3 Å². The van der Waals surface area contributed by atoms with E-state index in [-0.39, 0.29) is 24.3 Å². The minimum Gasteiger partial charge on any atom is -0.352 e. The van der Waals surface area contributed by atoms with Crippen LogP contribution in [0.1, 0.15) is 47.2 Å². The van der Waals surface area contributed by atoms with Crippen molar-refractivity contribution in [3.05, 3.63) is 65.2 Å². The van der Waals surface area contributed by atoms with E-state index in [0.29, 0.717) is 51.1 Å². The van der Waals surface area contributed by atoms with Gasteiger partial charge in [0.2, 0.25) is 5.91 Å². The summed E-state index contributed by atoms with van der Waals surface area (Å²) < 4.78 is 28.8. The van der Waals surface area contributed by atoms with Crippen LogP contribution < -0.4 is 10.2 Å². The molecule has 0 bridgehead atoms. The molecule has 0 saturated carbocycles. The van der Waals surface area contributed by atoms with Crippen LogP contribution in [-0.4, -0.2) is 61.6 Å². The molecule has 8 nitrogen and oxygen atoms in total. The van der Waals surface area contributed by atoms with E-state index in [4.69, 9.17) is 0 Å². The van der Waals surface area contributed by atoms with Crippen molar-refractivity contribution in [1.82, 2.24) is 13.9 Å². The first kappa shape index (κ1) is 24.0. The molecule has 2 saturated heterocycles. The summed E-state index contributed by atoms with van der Waals surface area (Å²) in [6.45, 7) is 2.89. The third-order valence-corrected chi connectivity index (χ3v) is 9.25. The second-order valence-corrected chi connectivity index (χ2v) is 11.5. The van der Waals surface area contributed by atoms with Crippen LogP contribution in [0.15, 0.2) is 48.5 Å². The van der Waals surface area contributed by atoms with E-state index >= 15 is 0 Å². The van der Waals surface area contributed by atoms with Crippen LogP contribution in [0.4, 0.5) is 5.69 Å². The van der Waals surface area contributed by atoms with Crippen molar-refractivity contribution in [2.24, 2.45) is 5.92 Å². The molecular formula is C26H32N4O4S. The van der Waals surface area contributed by atoms with E-state index in [1.165, 1.54) is 4.31 Å². The molecule has 1 atom stereocenters. The second kappa shape index (κ2) is 10.1. The first-order valence-electron chi connectivity index (χ1n) is 12.4. The SMILES string of the molecule is O=C(NCc1ccc2c(c1)CCN2C(=O)c1ccccc1)[C@H]1CCCN(S(=O)(=O)N2CCCC2)C1. The van der Waals surface area contributed by atoms with E-state index in [0.717, 1.165) is 36.1 Å². The van der Waals surface area contributed by atoms with E-state index < -0.39 is 10.2 Å². The molecule has 5 rings (SSSR count). The highest BCUT2D eigenvalue weighted by atomic mass is 32.2. The highest BCUT2D eigenvalue weighted by Gasteiger charge is 2.36. The molecule has 3 aliphatic heterocycles. The monoisotopic (exact) mass is 496 g/mol. The molecule has 0 radical (unpaired) electrons. The van der Waals surface area contributed by atoms with Gasteiger partial charge in [-0.15, -0.1) is 0 Å². The van der Waals surface area contributed by atoms with Crippen molar-refractivity contribution in [3.8, 4) is 0 Å². The van der Waals surface area contributed by atoms with Gasteiger partial charge in [-0.2, -0.15) is 17.0 Å². The molecule has 0 aliphatic carbocycles. The number of hydrogen-bond acceptors (Lipinski definition) is 4. The Balaban J connectivity index is 1.19. The molecule has 2 amide bonds. The minimum absolute atomic E-state index is 0.00358. The van der Waals surface area contributed by atoms with E-state index in [1.54, 1.807) is 4.31 Å². The van der Waals surface area contributed by atoms with Gasteiger partial charge in [0, 0.05) is 50.5 Å². The smallest absolute Gasteiger partial charge is 0.281 e. The van der Waals surface area contributed by atoms with Gasteiger partial charge in [0.25, 0.3) is 16.1 Å². The molecular weight excluding hydrogens is 464 g/mol. The third kappa shape index (κ3) is 4.98. The molecule has 35 heavy (non-hydrogen) atoms. The first-order chi connectivity index (χ1) is 16.9. The Kier molecular flexibility index (Phi) is 6.91. The fourth-order valence-corrected chi connectivity index (χ4v) is 7.07. The lowest BCUT2D eigenvalue weighted by Crippen LogP contribution is -2.49. The van der Waals surface area contributed by atoms with Crippen LogP contribution in [-0.2, 0) is 28.0 Å². The summed E-state index contributed by atoms with van der Waals surface area (Å²) >= 11 is 0. The van der Waals surface area contributed by atoms with Gasteiger partial charge in [-0.05, 0) is 61.4 Å². The lowest BCUT2D eigenvalue weighted by atomic mass is 9.98. The predicted molar refractivity (Wildman–Crippen MR) is 134 cm³/mol. The number of nitrogens with one attached hydrogen (secondary N) is 1. The van der Waals surface area contributed by atoms with Crippen LogP contribution in [0.3, 0.4) is 0 Å². The molecule has 2 fully saturated rings. The summed E-state index contributed by atoms with van der Waals surface area (Å²) in [4.78, 5) is 27.6. The average Bonchev–Trinajstić information content (AvgIpc) is 3.58. The van der Waals surface area contributed by atoms with Crippen molar-refractivity contribution in [1.29, 1.82) is 0 Å². The van der Waals surface area contributed by atoms with Crippen LogP contribution in [0.2, 0.25) is 0 Å². The summed E-state index contributed by atoms with van der Waals surface area (Å²) in [5, 5.41) is 3.01. The van der Waals surface area contributed by atoms with Gasteiger partial charge in [-0.3, -0.25) is 9.59 Å². The maximum Gasteiger partial charge on any atom is 0.281 e. The molecule has 3 aliphatic rings. The Labute approximate surface area is 207 Å². The lowest BCUT2D eigenvalue weighted by Gasteiger charge is -2.33. The number of amides is 2. The standard InChI is InChI=1S/C26H32N4O4S/c31-25(23-9-6-15-29(19-23)35(33,34)28-13-4-5-14-28)27-18-20-10-11-24-22(17-20)12-16-30(24)26(32)21-7-2-1-3-8-21/h1-3,7-8,10-11,17,23H,4-6,9,12-16,18-19H2,(H,27,31)/t23-/m0/s1. The fraction of sp³-hybridized carbons (Fsp3) is 0.462. The maximum atomic E-state index is 12.9. The molecule has 186 valence electrons. The number of carbonyl (C=O) groups excluding carboxylic acids is 2. The fourth-order valence-electron chi connectivity index (χ4n) is 5.29. The summed E-state index contributed by atoms with van der Waals surface area (Å²) in [5.74, 6) is -0.446. The Morgan fingerprint density at radius 1 is 0.914 bits per heavy atom. The molecule has 2 aromatic rings. The van der Waals surface area contributed by atoms with Crippen molar-refractivity contribution >= 4 is 27.7 Å². The molecule has 2 aromatic carbocycles. The summed E-state index contributed by atoms with van der Waals surface area (Å²) in [7, 11) is -3.48. The number of anilines is 1. The Hall–Kier alpha value is -2.75. The minimum atomic E-state index is -3.48. The maximum absolute atomic E-state index is 12.9. The van der Waals surface area contributed by atoms with Gasteiger partial charge < -0.3 is 10.2 Å². The molecule has 0 unspecified atom stereocenters. The zero-order chi connectivity index (χ0) is 24.4. The molecule has 0 spiro atoms. The number of benzene rings is 2. The quantitative estimate of drug-likeness (QED) is 0.666. The predicted octanol–water partition coefficient (Wildman–Crippen LogP) is 2.56. The van der Waals surface area contributed by atoms with Crippen LogP contribution in [0.5, 0.6) is 0 Å². The zero-order valence-electron chi connectivity index (χ0n) is 19.9. The van der Waals surface area contributed by atoms with Crippen LogP contribution >= 0.6 is 0 Å². The van der Waals surface area contributed by atoms with Crippen molar-refractivity contribution < 1.29 is 18.0 Å². The summed E-state index contributed by atoms with van der Waals surface area (Å²) in [6.07, 6.45) is 3.96. The van der Waals surface area contributed by atoms with Crippen molar-refractivity contribution in [3.63, 3.8) is 0 Å². The molecule has 3 heterocycles. The molecule has 1 N–H and O–H groups in total. The van der Waals surface area contributed by atoms with Gasteiger partial charge in [0.15, 0.2) is 0 Å². The molecule has 0 aromatic heterocycles. The third-order valence-electron chi connectivity index (χ3n) is 7.24. The van der Waals surface area contributed by atoms with Gasteiger partial charge in [-0.25, -0.2) is 0 Å². The highest BCUT2D eigenvalue weighted by Crippen LogP contribution is 2.30. The number of fused-ring (bicyclic) bond motifs is 1. The summed E-state index contributed by atoms with van der Waals surface area (Å²) in [5.41, 5.74) is 3.67. The Morgan fingerprint density at radius 3 is 2.43 bits per heavy atom. The van der Waals surface area contributed by atoms with Gasteiger partial charge >= 0.3 is 0 Å². The summed E-state index contributed by atoms with van der Waals surface area (Å²) in [6, 6.07) is 15.2. The van der Waals surface area contributed by atoms with Gasteiger partial charge in [0.1, 0.15) is 0 Å². The number of rotatable bonds is 6. The number of piperidine rings is 1. The average molecular weight is 497 g/mol. The number of carbonyl (C=O) groups is 2. The van der Waals surface area contributed by atoms with Crippen LogP contribution in [0.25, 0.3) is 0 Å².